The quantitative estimate of drug-likeness (QED) is 0.837. The Morgan fingerprint density at radius 2 is 1.89 bits per heavy atom. The highest BCUT2D eigenvalue weighted by atomic mass is 16.2. The lowest BCUT2D eigenvalue weighted by molar-refractivity contribution is -0.133. The van der Waals surface area contributed by atoms with E-state index in [2.05, 4.69) is 17.1 Å². The van der Waals surface area contributed by atoms with Crippen molar-refractivity contribution in [2.75, 3.05) is 33.2 Å². The first kappa shape index (κ1) is 14.8. The molecule has 1 heterocycles. The van der Waals surface area contributed by atoms with E-state index in [1.54, 1.807) is 0 Å². The molecule has 0 aromatic rings. The maximum absolute atomic E-state index is 12.4. The smallest absolute Gasteiger partial charge is 0.224 e. The summed E-state index contributed by atoms with van der Waals surface area (Å²) in [6, 6.07) is 0.872. The van der Waals surface area contributed by atoms with Gasteiger partial charge < -0.3 is 10.2 Å². The molecule has 2 fully saturated rings. The summed E-state index contributed by atoms with van der Waals surface area (Å²) < 4.78 is 0. The molecule has 2 aliphatic rings. The van der Waals surface area contributed by atoms with Crippen molar-refractivity contribution in [3.63, 3.8) is 0 Å². The van der Waals surface area contributed by atoms with Crippen molar-refractivity contribution in [3.05, 3.63) is 0 Å². The second kappa shape index (κ2) is 7.25. The Kier molecular flexibility index (Phi) is 5.64. The van der Waals surface area contributed by atoms with Gasteiger partial charge in [-0.3, -0.25) is 9.69 Å². The monoisotopic (exact) mass is 267 g/mol. The Bertz CT molecular complexity index is 283. The molecule has 4 nitrogen and oxygen atoms in total. The fourth-order valence-corrected chi connectivity index (χ4v) is 3.32. The van der Waals surface area contributed by atoms with Crippen molar-refractivity contribution < 1.29 is 4.79 Å². The molecule has 4 heteroatoms. The highest BCUT2D eigenvalue weighted by molar-refractivity contribution is 5.76. The first-order chi connectivity index (χ1) is 9.18. The zero-order chi connectivity index (χ0) is 13.7. The van der Waals surface area contributed by atoms with Gasteiger partial charge in [-0.15, -0.1) is 0 Å². The van der Waals surface area contributed by atoms with E-state index >= 15 is 0 Å². The van der Waals surface area contributed by atoms with Crippen LogP contribution >= 0.6 is 0 Å². The van der Waals surface area contributed by atoms with E-state index in [9.17, 15) is 4.79 Å². The summed E-state index contributed by atoms with van der Waals surface area (Å²) in [5.41, 5.74) is 0. The van der Waals surface area contributed by atoms with Crippen molar-refractivity contribution >= 4 is 5.91 Å². The van der Waals surface area contributed by atoms with Crippen molar-refractivity contribution in [2.24, 2.45) is 0 Å². The molecule has 0 spiro atoms. The molecule has 1 amide bonds. The van der Waals surface area contributed by atoms with Gasteiger partial charge in [0.1, 0.15) is 0 Å². The molecule has 110 valence electrons. The number of nitrogens with zero attached hydrogens (tertiary/aromatic N) is 2. The maximum atomic E-state index is 12.4. The molecule has 1 aliphatic carbocycles. The number of hydrogen-bond acceptors (Lipinski definition) is 3. The van der Waals surface area contributed by atoms with Crippen LogP contribution in [0.15, 0.2) is 0 Å². The molecule has 1 aliphatic heterocycles. The Morgan fingerprint density at radius 3 is 2.53 bits per heavy atom. The van der Waals surface area contributed by atoms with Crippen molar-refractivity contribution in [3.8, 4) is 0 Å². The summed E-state index contributed by atoms with van der Waals surface area (Å²) in [6.45, 7) is 6.44. The molecule has 2 rings (SSSR count). The summed E-state index contributed by atoms with van der Waals surface area (Å²) in [6.07, 6.45) is 6.99. The normalized spacial score (nSPS) is 24.1. The fourth-order valence-electron chi connectivity index (χ4n) is 3.32. The van der Waals surface area contributed by atoms with Crippen molar-refractivity contribution in [1.29, 1.82) is 0 Å². The van der Waals surface area contributed by atoms with E-state index < -0.39 is 0 Å². The SMILES string of the molecule is CC(CC(=O)N(C)C1CCCCC1)N1CCNCC1. The zero-order valence-electron chi connectivity index (χ0n) is 12.5. The summed E-state index contributed by atoms with van der Waals surface area (Å²) in [4.78, 5) is 16.8. The fraction of sp³-hybridized carbons (Fsp3) is 0.933. The number of hydrogen-bond donors (Lipinski definition) is 1. The van der Waals surface area contributed by atoms with Gasteiger partial charge in [0.2, 0.25) is 5.91 Å². The third-order valence-electron chi connectivity index (χ3n) is 4.76. The molecule has 1 N–H and O–H groups in total. The number of nitrogens with one attached hydrogen (secondary N) is 1. The van der Waals surface area contributed by atoms with E-state index in [0.29, 0.717) is 24.4 Å². The van der Waals surface area contributed by atoms with Crippen LogP contribution in [0.3, 0.4) is 0 Å². The lowest BCUT2D eigenvalue weighted by Crippen LogP contribution is -2.49. The second-order valence-electron chi connectivity index (χ2n) is 6.14. The highest BCUT2D eigenvalue weighted by Gasteiger charge is 2.25. The number of rotatable bonds is 4. The maximum Gasteiger partial charge on any atom is 0.224 e. The zero-order valence-corrected chi connectivity index (χ0v) is 12.5. The standard InChI is InChI=1S/C15H29N3O/c1-13(18-10-8-16-9-11-18)12-15(19)17(2)14-6-4-3-5-7-14/h13-14,16H,3-12H2,1-2H3. The second-order valence-corrected chi connectivity index (χ2v) is 6.14. The molecule has 1 saturated heterocycles. The lowest BCUT2D eigenvalue weighted by atomic mass is 9.94. The van der Waals surface area contributed by atoms with Crippen molar-refractivity contribution in [2.45, 2.75) is 57.5 Å². The number of piperazine rings is 1. The van der Waals surface area contributed by atoms with E-state index in [-0.39, 0.29) is 0 Å². The van der Waals surface area contributed by atoms with E-state index in [0.717, 1.165) is 26.2 Å². The van der Waals surface area contributed by atoms with Crippen LogP contribution < -0.4 is 5.32 Å². The van der Waals surface area contributed by atoms with Gasteiger partial charge in [0, 0.05) is 51.7 Å². The minimum absolute atomic E-state index is 0.331. The molecule has 0 aromatic carbocycles. The van der Waals surface area contributed by atoms with Crippen LogP contribution in [0.1, 0.15) is 45.4 Å². The van der Waals surface area contributed by atoms with E-state index in [1.165, 1.54) is 32.1 Å². The molecule has 0 bridgehead atoms. The van der Waals surface area contributed by atoms with Gasteiger partial charge >= 0.3 is 0 Å². The number of amides is 1. The molecule has 19 heavy (non-hydrogen) atoms. The van der Waals surface area contributed by atoms with E-state index in [4.69, 9.17) is 0 Å². The molecule has 0 aromatic heterocycles. The summed E-state index contributed by atoms with van der Waals surface area (Å²) >= 11 is 0. The van der Waals surface area contributed by atoms with Crippen LogP contribution in [-0.4, -0.2) is 61.0 Å². The first-order valence-electron chi connectivity index (χ1n) is 7.89. The minimum atomic E-state index is 0.331. The molecule has 1 unspecified atom stereocenters. The van der Waals surface area contributed by atoms with Crippen LogP contribution in [0.5, 0.6) is 0 Å². The highest BCUT2D eigenvalue weighted by Crippen LogP contribution is 2.22. The third kappa shape index (κ3) is 4.18. The summed E-state index contributed by atoms with van der Waals surface area (Å²) in [5.74, 6) is 0.331. The number of carbonyl (C=O) groups is 1. The summed E-state index contributed by atoms with van der Waals surface area (Å²) in [5, 5.41) is 3.36. The molecule has 0 radical (unpaired) electrons. The van der Waals surface area contributed by atoms with Crippen LogP contribution in [-0.2, 0) is 4.79 Å². The largest absolute Gasteiger partial charge is 0.343 e. The van der Waals surface area contributed by atoms with Crippen LogP contribution in [0.2, 0.25) is 0 Å². The Balaban J connectivity index is 1.78. The average Bonchev–Trinajstić information content (AvgIpc) is 2.48. The van der Waals surface area contributed by atoms with Gasteiger partial charge in [0.05, 0.1) is 0 Å². The molecular weight excluding hydrogens is 238 g/mol. The third-order valence-corrected chi connectivity index (χ3v) is 4.76. The van der Waals surface area contributed by atoms with Crippen LogP contribution in [0.25, 0.3) is 0 Å². The molecule has 1 saturated carbocycles. The van der Waals surface area contributed by atoms with Crippen LogP contribution in [0, 0.1) is 0 Å². The lowest BCUT2D eigenvalue weighted by Gasteiger charge is -2.35. The van der Waals surface area contributed by atoms with Gasteiger partial charge in [-0.05, 0) is 19.8 Å². The predicted molar refractivity (Wildman–Crippen MR) is 78.2 cm³/mol. The Hall–Kier alpha value is -0.610. The first-order valence-corrected chi connectivity index (χ1v) is 7.89. The minimum Gasteiger partial charge on any atom is -0.343 e. The Labute approximate surface area is 117 Å². The van der Waals surface area contributed by atoms with Gasteiger partial charge in [0.25, 0.3) is 0 Å². The van der Waals surface area contributed by atoms with Gasteiger partial charge in [0.15, 0.2) is 0 Å². The van der Waals surface area contributed by atoms with Crippen molar-refractivity contribution in [1.82, 2.24) is 15.1 Å². The average molecular weight is 267 g/mol. The van der Waals surface area contributed by atoms with Gasteiger partial charge in [-0.25, -0.2) is 0 Å². The Morgan fingerprint density at radius 1 is 1.26 bits per heavy atom. The van der Waals surface area contributed by atoms with Gasteiger partial charge in [-0.2, -0.15) is 0 Å². The number of carbonyl (C=O) groups excluding carboxylic acids is 1. The van der Waals surface area contributed by atoms with E-state index in [1.807, 2.05) is 11.9 Å². The topological polar surface area (TPSA) is 35.6 Å². The summed E-state index contributed by atoms with van der Waals surface area (Å²) in [7, 11) is 2.00. The molecular formula is C15H29N3O. The van der Waals surface area contributed by atoms with Gasteiger partial charge in [-0.1, -0.05) is 19.3 Å². The predicted octanol–water partition coefficient (Wildman–Crippen LogP) is 1.46. The molecule has 1 atom stereocenters. The van der Waals surface area contributed by atoms with Crippen LogP contribution in [0.4, 0.5) is 0 Å².